The molecule has 1 unspecified atom stereocenters. The Morgan fingerprint density at radius 3 is 2.64 bits per heavy atom. The number of furan rings is 1. The van der Waals surface area contributed by atoms with Gasteiger partial charge in [0, 0.05) is 13.1 Å². The summed E-state index contributed by atoms with van der Waals surface area (Å²) in [5.41, 5.74) is 1.21. The molecular weight excluding hydrogens is 316 g/mol. The Kier molecular flexibility index (Phi) is 5.23. The highest BCUT2D eigenvalue weighted by Gasteiger charge is 2.24. The zero-order valence-corrected chi connectivity index (χ0v) is 14.6. The topological polar surface area (TPSA) is 46.9 Å². The highest BCUT2D eigenvalue weighted by Crippen LogP contribution is 2.31. The summed E-state index contributed by atoms with van der Waals surface area (Å²) in [6.07, 6.45) is 5.66. The molecule has 2 aliphatic rings. The first kappa shape index (κ1) is 16.5. The van der Waals surface area contributed by atoms with E-state index in [0.29, 0.717) is 19.3 Å². The highest BCUT2D eigenvalue weighted by molar-refractivity contribution is 5.43. The van der Waals surface area contributed by atoms with Crippen LogP contribution in [0.5, 0.6) is 11.5 Å². The standard InChI is InChI=1S/C20H26N2O3/c1-2-8-22(9-3-1)17(18-5-4-10-23-18)15-21-14-16-6-7-19-20(13-16)25-12-11-24-19/h4-7,10,13,17,21H,1-3,8-9,11-12,14-15H2. The van der Waals surface area contributed by atoms with Crippen LogP contribution in [0.3, 0.4) is 0 Å². The van der Waals surface area contributed by atoms with Crippen molar-refractivity contribution in [2.24, 2.45) is 0 Å². The average Bonchev–Trinajstić information content (AvgIpc) is 3.20. The van der Waals surface area contributed by atoms with Crippen molar-refractivity contribution in [3.8, 4) is 11.5 Å². The summed E-state index contributed by atoms with van der Waals surface area (Å²) in [6.45, 7) is 5.24. The normalized spacial score (nSPS) is 18.9. The number of nitrogens with one attached hydrogen (secondary N) is 1. The lowest BCUT2D eigenvalue weighted by Crippen LogP contribution is -2.38. The fourth-order valence-electron chi connectivity index (χ4n) is 3.67. The number of benzene rings is 1. The third-order valence-electron chi connectivity index (χ3n) is 4.98. The average molecular weight is 342 g/mol. The molecule has 0 radical (unpaired) electrons. The molecule has 2 aromatic rings. The summed E-state index contributed by atoms with van der Waals surface area (Å²) in [7, 11) is 0. The molecule has 0 aliphatic carbocycles. The summed E-state index contributed by atoms with van der Waals surface area (Å²) < 4.78 is 17.0. The fourth-order valence-corrected chi connectivity index (χ4v) is 3.67. The zero-order chi connectivity index (χ0) is 16.9. The van der Waals surface area contributed by atoms with Crippen molar-refractivity contribution in [2.45, 2.75) is 31.8 Å². The van der Waals surface area contributed by atoms with Crippen molar-refractivity contribution in [3.63, 3.8) is 0 Å². The van der Waals surface area contributed by atoms with Gasteiger partial charge in [0.2, 0.25) is 0 Å². The molecule has 1 fully saturated rings. The van der Waals surface area contributed by atoms with Gasteiger partial charge >= 0.3 is 0 Å². The van der Waals surface area contributed by atoms with E-state index in [1.807, 2.05) is 12.1 Å². The predicted octanol–water partition coefficient (Wildman–Crippen LogP) is 3.37. The first-order chi connectivity index (χ1) is 12.4. The van der Waals surface area contributed by atoms with E-state index < -0.39 is 0 Å². The molecule has 134 valence electrons. The van der Waals surface area contributed by atoms with Gasteiger partial charge in [-0.15, -0.1) is 0 Å². The lowest BCUT2D eigenvalue weighted by atomic mass is 10.1. The van der Waals surface area contributed by atoms with E-state index in [1.165, 1.54) is 24.8 Å². The van der Waals surface area contributed by atoms with Crippen molar-refractivity contribution in [1.29, 1.82) is 0 Å². The van der Waals surface area contributed by atoms with Gasteiger partial charge in [0.15, 0.2) is 11.5 Å². The Hall–Kier alpha value is -1.98. The molecule has 2 aliphatic heterocycles. The second kappa shape index (κ2) is 7.93. The first-order valence-electron chi connectivity index (χ1n) is 9.27. The Labute approximate surface area is 148 Å². The molecule has 3 heterocycles. The largest absolute Gasteiger partial charge is 0.486 e. The van der Waals surface area contributed by atoms with Crippen LogP contribution in [0.15, 0.2) is 41.0 Å². The van der Waals surface area contributed by atoms with Crippen LogP contribution in [0, 0.1) is 0 Å². The van der Waals surface area contributed by atoms with Crippen LogP contribution in [0.2, 0.25) is 0 Å². The van der Waals surface area contributed by atoms with Crippen molar-refractivity contribution in [2.75, 3.05) is 32.8 Å². The second-order valence-electron chi connectivity index (χ2n) is 6.74. The van der Waals surface area contributed by atoms with Crippen LogP contribution in [-0.2, 0) is 6.54 Å². The van der Waals surface area contributed by atoms with Crippen molar-refractivity contribution in [1.82, 2.24) is 10.2 Å². The van der Waals surface area contributed by atoms with Gasteiger partial charge in [-0.3, -0.25) is 4.90 Å². The van der Waals surface area contributed by atoms with Gasteiger partial charge in [0.05, 0.1) is 12.3 Å². The molecule has 4 rings (SSSR count). The number of nitrogens with zero attached hydrogens (tertiary/aromatic N) is 1. The van der Waals surface area contributed by atoms with Gasteiger partial charge in [-0.25, -0.2) is 0 Å². The van der Waals surface area contributed by atoms with Gasteiger partial charge in [-0.2, -0.15) is 0 Å². The van der Waals surface area contributed by atoms with Gasteiger partial charge in [0.25, 0.3) is 0 Å². The van der Waals surface area contributed by atoms with E-state index in [4.69, 9.17) is 13.9 Å². The molecule has 1 aromatic carbocycles. The molecule has 1 aromatic heterocycles. The van der Waals surface area contributed by atoms with E-state index in [-0.39, 0.29) is 0 Å². The van der Waals surface area contributed by atoms with E-state index in [1.54, 1.807) is 6.26 Å². The van der Waals surface area contributed by atoms with Crippen molar-refractivity contribution < 1.29 is 13.9 Å². The smallest absolute Gasteiger partial charge is 0.161 e. The van der Waals surface area contributed by atoms with Crippen LogP contribution < -0.4 is 14.8 Å². The predicted molar refractivity (Wildman–Crippen MR) is 96.0 cm³/mol. The molecule has 1 N–H and O–H groups in total. The number of fused-ring (bicyclic) bond motifs is 1. The molecule has 1 atom stereocenters. The van der Waals surface area contributed by atoms with Crippen LogP contribution in [0.25, 0.3) is 0 Å². The molecule has 0 spiro atoms. The third-order valence-corrected chi connectivity index (χ3v) is 4.98. The van der Waals surface area contributed by atoms with Crippen LogP contribution >= 0.6 is 0 Å². The Bertz CT molecular complexity index is 666. The Morgan fingerprint density at radius 1 is 1.00 bits per heavy atom. The summed E-state index contributed by atoms with van der Waals surface area (Å²) in [4.78, 5) is 2.54. The van der Waals surface area contributed by atoms with Gasteiger partial charge < -0.3 is 19.2 Å². The fraction of sp³-hybridized carbons (Fsp3) is 0.500. The SMILES string of the molecule is c1coc(C(CNCc2ccc3c(c2)OCCO3)N2CCCCC2)c1. The van der Waals surface area contributed by atoms with Crippen LogP contribution in [-0.4, -0.2) is 37.7 Å². The van der Waals surface area contributed by atoms with Crippen LogP contribution in [0.4, 0.5) is 0 Å². The molecule has 0 amide bonds. The van der Waals surface area contributed by atoms with E-state index in [0.717, 1.165) is 43.4 Å². The Balaban J connectivity index is 1.38. The molecular formula is C20H26N2O3. The number of hydrogen-bond donors (Lipinski definition) is 1. The molecule has 25 heavy (non-hydrogen) atoms. The summed E-state index contributed by atoms with van der Waals surface area (Å²) in [6, 6.07) is 10.5. The molecule has 5 heteroatoms. The highest BCUT2D eigenvalue weighted by atomic mass is 16.6. The number of hydrogen-bond acceptors (Lipinski definition) is 5. The summed E-state index contributed by atoms with van der Waals surface area (Å²) in [5, 5.41) is 3.60. The second-order valence-corrected chi connectivity index (χ2v) is 6.74. The van der Waals surface area contributed by atoms with E-state index in [9.17, 15) is 0 Å². The monoisotopic (exact) mass is 342 g/mol. The Morgan fingerprint density at radius 2 is 1.84 bits per heavy atom. The minimum absolute atomic E-state index is 0.299. The van der Waals surface area contributed by atoms with Crippen LogP contribution in [0.1, 0.15) is 36.6 Å². The van der Waals surface area contributed by atoms with Gasteiger partial charge in [-0.05, 0) is 55.8 Å². The quantitative estimate of drug-likeness (QED) is 0.872. The third kappa shape index (κ3) is 3.99. The lowest BCUT2D eigenvalue weighted by molar-refractivity contribution is 0.142. The van der Waals surface area contributed by atoms with Gasteiger partial charge in [-0.1, -0.05) is 12.5 Å². The van der Waals surface area contributed by atoms with E-state index in [2.05, 4.69) is 28.4 Å². The minimum Gasteiger partial charge on any atom is -0.486 e. The lowest BCUT2D eigenvalue weighted by Gasteiger charge is -2.33. The minimum atomic E-state index is 0.299. The number of piperidine rings is 1. The first-order valence-corrected chi connectivity index (χ1v) is 9.27. The summed E-state index contributed by atoms with van der Waals surface area (Å²) in [5.74, 6) is 2.75. The maximum Gasteiger partial charge on any atom is 0.161 e. The maximum atomic E-state index is 5.71. The van der Waals surface area contributed by atoms with E-state index >= 15 is 0 Å². The number of likely N-dealkylation sites (tertiary alicyclic amines) is 1. The zero-order valence-electron chi connectivity index (χ0n) is 14.6. The van der Waals surface area contributed by atoms with Crippen molar-refractivity contribution in [3.05, 3.63) is 47.9 Å². The molecule has 0 saturated carbocycles. The number of rotatable bonds is 6. The van der Waals surface area contributed by atoms with Gasteiger partial charge in [0.1, 0.15) is 19.0 Å². The molecule has 0 bridgehead atoms. The molecule has 1 saturated heterocycles. The summed E-state index contributed by atoms with van der Waals surface area (Å²) >= 11 is 0. The maximum absolute atomic E-state index is 5.71. The molecule has 5 nitrogen and oxygen atoms in total. The number of ether oxygens (including phenoxy) is 2. The van der Waals surface area contributed by atoms with Crippen molar-refractivity contribution >= 4 is 0 Å².